The van der Waals surface area contributed by atoms with Crippen molar-refractivity contribution in [3.8, 4) is 0 Å². The van der Waals surface area contributed by atoms with Gasteiger partial charge in [0.25, 0.3) is 5.56 Å². The molecule has 0 radical (unpaired) electrons. The Morgan fingerprint density at radius 2 is 1.94 bits per heavy atom. The van der Waals surface area contributed by atoms with E-state index in [9.17, 15) is 4.79 Å². The lowest BCUT2D eigenvalue weighted by Gasteiger charge is -2.24. The van der Waals surface area contributed by atoms with Gasteiger partial charge < -0.3 is 16.5 Å². The molecule has 6 N–H and O–H groups in total. The maximum absolute atomic E-state index is 11.7. The molecule has 96 valence electrons. The Morgan fingerprint density at radius 1 is 1.22 bits per heavy atom. The maximum Gasteiger partial charge on any atom is 0.278 e. The van der Waals surface area contributed by atoms with Crippen molar-refractivity contribution in [2.24, 2.45) is 5.73 Å². The summed E-state index contributed by atoms with van der Waals surface area (Å²) in [5.41, 5.74) is 11.7. The Balaban J connectivity index is 2.19. The van der Waals surface area contributed by atoms with Crippen LogP contribution in [0.25, 0.3) is 11.2 Å². The number of imidazole rings is 1. The first kappa shape index (κ1) is 11.2. The lowest BCUT2D eigenvalue weighted by molar-refractivity contribution is 0.429. The van der Waals surface area contributed by atoms with Crippen molar-refractivity contribution in [1.29, 1.82) is 0 Å². The van der Waals surface area contributed by atoms with E-state index in [1.54, 1.807) is 0 Å². The van der Waals surface area contributed by atoms with Crippen LogP contribution in [0.1, 0.15) is 31.5 Å². The van der Waals surface area contributed by atoms with Gasteiger partial charge in [-0.05, 0) is 12.8 Å². The Labute approximate surface area is 103 Å². The number of fused-ring (bicyclic) bond motifs is 1. The molecule has 1 saturated carbocycles. The molecular weight excluding hydrogens is 232 g/mol. The topological polar surface area (TPSA) is 126 Å². The lowest BCUT2D eigenvalue weighted by Crippen LogP contribution is -2.33. The number of nitrogens with one attached hydrogen (secondary N) is 2. The van der Waals surface area contributed by atoms with Crippen LogP contribution in [0.2, 0.25) is 0 Å². The predicted molar refractivity (Wildman–Crippen MR) is 68.1 cm³/mol. The summed E-state index contributed by atoms with van der Waals surface area (Å²) >= 11 is 0. The Hall–Kier alpha value is -1.89. The van der Waals surface area contributed by atoms with Crippen LogP contribution in [0.3, 0.4) is 0 Å². The van der Waals surface area contributed by atoms with Crippen LogP contribution in [0, 0.1) is 0 Å². The molecule has 2 heterocycles. The number of nitrogens with two attached hydrogens (primary N) is 2. The third-order valence-electron chi connectivity index (χ3n) is 3.83. The highest BCUT2D eigenvalue weighted by molar-refractivity contribution is 5.70. The minimum atomic E-state index is -0.290. The van der Waals surface area contributed by atoms with Gasteiger partial charge in [-0.2, -0.15) is 4.98 Å². The first-order chi connectivity index (χ1) is 8.64. The molecule has 0 amide bonds. The van der Waals surface area contributed by atoms with Crippen LogP contribution < -0.4 is 17.0 Å². The van der Waals surface area contributed by atoms with E-state index in [0.717, 1.165) is 31.5 Å². The molecule has 0 spiro atoms. The number of hydrogen-bond acceptors (Lipinski definition) is 5. The number of nitrogens with zero attached hydrogens (tertiary/aromatic N) is 2. The molecule has 1 fully saturated rings. The second-order valence-electron chi connectivity index (χ2n) is 4.93. The molecule has 0 bridgehead atoms. The van der Waals surface area contributed by atoms with Crippen LogP contribution in [0.4, 0.5) is 5.95 Å². The molecule has 0 aliphatic heterocycles. The number of anilines is 1. The lowest BCUT2D eigenvalue weighted by atomic mass is 9.85. The van der Waals surface area contributed by atoms with Crippen molar-refractivity contribution in [3.05, 3.63) is 16.2 Å². The molecule has 3 rings (SSSR count). The Bertz CT molecular complexity index is 637. The number of rotatable bonds is 2. The van der Waals surface area contributed by atoms with Crippen LogP contribution in [-0.4, -0.2) is 26.5 Å². The summed E-state index contributed by atoms with van der Waals surface area (Å²) in [5, 5.41) is 0. The van der Waals surface area contributed by atoms with Gasteiger partial charge in [0.2, 0.25) is 5.95 Å². The van der Waals surface area contributed by atoms with Crippen molar-refractivity contribution in [3.63, 3.8) is 0 Å². The normalized spacial score (nSPS) is 18.5. The summed E-state index contributed by atoms with van der Waals surface area (Å²) in [6.07, 6.45) is 4.27. The first-order valence-corrected chi connectivity index (χ1v) is 6.11. The van der Waals surface area contributed by atoms with E-state index >= 15 is 0 Å². The zero-order chi connectivity index (χ0) is 12.8. The molecular formula is C11H16N6O. The van der Waals surface area contributed by atoms with E-state index in [1.165, 1.54) is 0 Å². The highest BCUT2D eigenvalue weighted by atomic mass is 16.1. The molecule has 2 aromatic rings. The van der Waals surface area contributed by atoms with E-state index in [-0.39, 0.29) is 16.9 Å². The average Bonchev–Trinajstić information content (AvgIpc) is 2.94. The molecule has 1 aliphatic carbocycles. The second kappa shape index (κ2) is 3.81. The van der Waals surface area contributed by atoms with E-state index in [0.29, 0.717) is 17.7 Å². The molecule has 0 aromatic carbocycles. The van der Waals surface area contributed by atoms with Gasteiger partial charge in [0.05, 0.1) is 0 Å². The first-order valence-electron chi connectivity index (χ1n) is 6.11. The van der Waals surface area contributed by atoms with E-state index < -0.39 is 0 Å². The molecule has 18 heavy (non-hydrogen) atoms. The summed E-state index contributed by atoms with van der Waals surface area (Å²) in [7, 11) is 0. The van der Waals surface area contributed by atoms with Gasteiger partial charge in [0, 0.05) is 12.0 Å². The molecule has 7 nitrogen and oxygen atoms in total. The minimum absolute atomic E-state index is 0.0822. The van der Waals surface area contributed by atoms with Gasteiger partial charge in [-0.1, -0.05) is 12.8 Å². The van der Waals surface area contributed by atoms with Crippen molar-refractivity contribution in [2.45, 2.75) is 31.1 Å². The minimum Gasteiger partial charge on any atom is -0.369 e. The Morgan fingerprint density at radius 3 is 2.61 bits per heavy atom. The number of H-pyrrole nitrogens is 2. The van der Waals surface area contributed by atoms with Crippen molar-refractivity contribution >= 4 is 17.1 Å². The molecule has 0 atom stereocenters. The summed E-state index contributed by atoms with van der Waals surface area (Å²) in [6, 6.07) is 0. The standard InChI is InChI=1S/C11H16N6O/c12-5-11(3-1-2-4-11)9-14-6-7(15-9)16-10(13)17-8(6)18/h1-5,12H2,(H4,13,14,15,16,17,18). The van der Waals surface area contributed by atoms with Gasteiger partial charge in [0.15, 0.2) is 11.2 Å². The van der Waals surface area contributed by atoms with Crippen LogP contribution in [0.15, 0.2) is 4.79 Å². The van der Waals surface area contributed by atoms with Gasteiger partial charge in [-0.25, -0.2) is 4.98 Å². The van der Waals surface area contributed by atoms with Crippen LogP contribution in [0.5, 0.6) is 0 Å². The summed E-state index contributed by atoms with van der Waals surface area (Å²) < 4.78 is 0. The summed E-state index contributed by atoms with van der Waals surface area (Å²) in [4.78, 5) is 25.7. The van der Waals surface area contributed by atoms with Crippen LogP contribution >= 0.6 is 0 Å². The SMILES string of the molecule is NCC1(c2nc3nc(N)[nH]c(=O)c3[nH]2)CCCC1. The monoisotopic (exact) mass is 248 g/mol. The number of aromatic nitrogens is 4. The fourth-order valence-corrected chi connectivity index (χ4v) is 2.76. The smallest absolute Gasteiger partial charge is 0.278 e. The average molecular weight is 248 g/mol. The Kier molecular flexibility index (Phi) is 2.37. The highest BCUT2D eigenvalue weighted by Gasteiger charge is 2.37. The fourth-order valence-electron chi connectivity index (χ4n) is 2.76. The number of aromatic amines is 2. The van der Waals surface area contributed by atoms with E-state index in [1.807, 2.05) is 0 Å². The third-order valence-corrected chi connectivity index (χ3v) is 3.83. The van der Waals surface area contributed by atoms with Gasteiger partial charge in [-0.3, -0.25) is 9.78 Å². The van der Waals surface area contributed by atoms with Crippen molar-refractivity contribution < 1.29 is 0 Å². The van der Waals surface area contributed by atoms with Gasteiger partial charge >= 0.3 is 0 Å². The summed E-state index contributed by atoms with van der Waals surface area (Å²) in [6.45, 7) is 0.528. The quantitative estimate of drug-likeness (QED) is 0.595. The molecule has 0 saturated heterocycles. The van der Waals surface area contributed by atoms with Crippen molar-refractivity contribution in [2.75, 3.05) is 12.3 Å². The van der Waals surface area contributed by atoms with Gasteiger partial charge in [-0.15, -0.1) is 0 Å². The fraction of sp³-hybridized carbons (Fsp3) is 0.545. The zero-order valence-corrected chi connectivity index (χ0v) is 9.99. The molecule has 0 unspecified atom stereocenters. The second-order valence-corrected chi connectivity index (χ2v) is 4.93. The molecule has 2 aromatic heterocycles. The van der Waals surface area contributed by atoms with Crippen molar-refractivity contribution in [1.82, 2.24) is 19.9 Å². The highest BCUT2D eigenvalue weighted by Crippen LogP contribution is 2.39. The molecule has 1 aliphatic rings. The molecule has 7 heteroatoms. The van der Waals surface area contributed by atoms with E-state index in [4.69, 9.17) is 11.5 Å². The largest absolute Gasteiger partial charge is 0.369 e. The zero-order valence-electron chi connectivity index (χ0n) is 9.99. The van der Waals surface area contributed by atoms with Crippen LogP contribution in [-0.2, 0) is 5.41 Å². The third kappa shape index (κ3) is 1.51. The van der Waals surface area contributed by atoms with Gasteiger partial charge in [0.1, 0.15) is 5.82 Å². The number of nitrogen functional groups attached to an aromatic ring is 1. The van der Waals surface area contributed by atoms with E-state index in [2.05, 4.69) is 19.9 Å². The predicted octanol–water partition coefficient (Wildman–Crippen LogP) is -0.00110. The summed E-state index contributed by atoms with van der Waals surface area (Å²) in [5.74, 6) is 0.847. The maximum atomic E-state index is 11.7. The number of hydrogen-bond donors (Lipinski definition) is 4.